The molecule has 1 heterocycles. The number of nitrogens with one attached hydrogen (secondary N) is 1. The molecular weight excluding hydrogens is 246 g/mol. The molecule has 1 atom stereocenters. The van der Waals surface area contributed by atoms with Gasteiger partial charge in [0.25, 0.3) is 0 Å². The number of ether oxygens (including phenoxy) is 1. The number of benzene rings is 2. The molecular formula is C18H21NO. The van der Waals surface area contributed by atoms with E-state index in [1.807, 2.05) is 6.07 Å². The lowest BCUT2D eigenvalue weighted by molar-refractivity contribution is 0.0595. The Balaban J connectivity index is 1.58. The highest BCUT2D eigenvalue weighted by Crippen LogP contribution is 2.21. The van der Waals surface area contributed by atoms with Crippen molar-refractivity contribution < 1.29 is 4.74 Å². The molecule has 0 spiro atoms. The van der Waals surface area contributed by atoms with Crippen molar-refractivity contribution in [3.05, 3.63) is 54.6 Å². The number of rotatable bonds is 4. The summed E-state index contributed by atoms with van der Waals surface area (Å²) in [4.78, 5) is 0. The van der Waals surface area contributed by atoms with Gasteiger partial charge in [-0.2, -0.15) is 0 Å². The van der Waals surface area contributed by atoms with Gasteiger partial charge in [-0.25, -0.2) is 0 Å². The van der Waals surface area contributed by atoms with Gasteiger partial charge in [-0.3, -0.25) is 0 Å². The summed E-state index contributed by atoms with van der Waals surface area (Å²) in [5, 5.41) is 3.51. The van der Waals surface area contributed by atoms with Crippen molar-refractivity contribution in [2.75, 3.05) is 25.1 Å². The van der Waals surface area contributed by atoms with Crippen LogP contribution in [-0.4, -0.2) is 19.8 Å². The Morgan fingerprint density at radius 2 is 1.70 bits per heavy atom. The second-order valence-corrected chi connectivity index (χ2v) is 5.41. The largest absolute Gasteiger partial charge is 0.385 e. The summed E-state index contributed by atoms with van der Waals surface area (Å²) in [5.74, 6) is 0.651. The number of hydrogen-bond donors (Lipinski definition) is 1. The summed E-state index contributed by atoms with van der Waals surface area (Å²) in [5.41, 5.74) is 3.71. The number of anilines is 1. The van der Waals surface area contributed by atoms with E-state index in [-0.39, 0.29) is 0 Å². The maximum absolute atomic E-state index is 5.51. The lowest BCUT2D eigenvalue weighted by atomic mass is 10.0. The van der Waals surface area contributed by atoms with Crippen LogP contribution in [0.15, 0.2) is 54.6 Å². The molecule has 3 rings (SSSR count). The maximum Gasteiger partial charge on any atom is 0.0511 e. The Labute approximate surface area is 120 Å². The molecule has 1 aliphatic heterocycles. The van der Waals surface area contributed by atoms with Gasteiger partial charge in [-0.15, -0.1) is 0 Å². The third-order valence-corrected chi connectivity index (χ3v) is 3.84. The van der Waals surface area contributed by atoms with Gasteiger partial charge in [0.15, 0.2) is 0 Å². The highest BCUT2D eigenvalue weighted by atomic mass is 16.5. The van der Waals surface area contributed by atoms with E-state index in [1.165, 1.54) is 29.7 Å². The van der Waals surface area contributed by atoms with Crippen LogP contribution in [0.2, 0.25) is 0 Å². The first-order valence-electron chi connectivity index (χ1n) is 7.39. The molecule has 0 aliphatic carbocycles. The van der Waals surface area contributed by atoms with Crippen molar-refractivity contribution in [2.45, 2.75) is 12.8 Å². The van der Waals surface area contributed by atoms with E-state index in [4.69, 9.17) is 4.74 Å². The van der Waals surface area contributed by atoms with Crippen LogP contribution in [0.1, 0.15) is 12.8 Å². The van der Waals surface area contributed by atoms with Gasteiger partial charge in [-0.1, -0.05) is 42.5 Å². The first kappa shape index (κ1) is 13.2. The van der Waals surface area contributed by atoms with Gasteiger partial charge in [0.1, 0.15) is 0 Å². The molecule has 1 saturated heterocycles. The normalized spacial score (nSPS) is 18.7. The second kappa shape index (κ2) is 6.58. The molecule has 2 heteroatoms. The molecule has 20 heavy (non-hydrogen) atoms. The first-order valence-corrected chi connectivity index (χ1v) is 7.39. The smallest absolute Gasteiger partial charge is 0.0511 e. The van der Waals surface area contributed by atoms with E-state index in [0.29, 0.717) is 5.92 Å². The Bertz CT molecular complexity index is 515. The fourth-order valence-electron chi connectivity index (χ4n) is 2.64. The zero-order valence-corrected chi connectivity index (χ0v) is 11.7. The van der Waals surface area contributed by atoms with E-state index in [1.54, 1.807) is 0 Å². The van der Waals surface area contributed by atoms with Gasteiger partial charge < -0.3 is 10.1 Å². The minimum absolute atomic E-state index is 0.651. The van der Waals surface area contributed by atoms with Crippen molar-refractivity contribution in [1.29, 1.82) is 0 Å². The second-order valence-electron chi connectivity index (χ2n) is 5.41. The lowest BCUT2D eigenvalue weighted by Gasteiger charge is -2.22. The van der Waals surface area contributed by atoms with E-state index < -0.39 is 0 Å². The molecule has 2 nitrogen and oxygen atoms in total. The SMILES string of the molecule is c1ccc(-c2ccc(NCC3CCCOC3)cc2)cc1. The third kappa shape index (κ3) is 3.40. The fraction of sp³-hybridized carbons (Fsp3) is 0.333. The molecule has 1 N–H and O–H groups in total. The Kier molecular flexibility index (Phi) is 4.34. The minimum atomic E-state index is 0.651. The van der Waals surface area contributed by atoms with Crippen LogP contribution in [-0.2, 0) is 4.74 Å². The minimum Gasteiger partial charge on any atom is -0.385 e. The Hall–Kier alpha value is -1.80. The average molecular weight is 267 g/mol. The molecule has 2 aromatic carbocycles. The molecule has 1 fully saturated rings. The predicted molar refractivity (Wildman–Crippen MR) is 83.9 cm³/mol. The molecule has 0 radical (unpaired) electrons. The Morgan fingerprint density at radius 1 is 0.950 bits per heavy atom. The zero-order chi connectivity index (χ0) is 13.6. The predicted octanol–water partition coefficient (Wildman–Crippen LogP) is 4.19. The zero-order valence-electron chi connectivity index (χ0n) is 11.7. The van der Waals surface area contributed by atoms with Gasteiger partial charge in [-0.05, 0) is 42.0 Å². The molecule has 0 amide bonds. The molecule has 104 valence electrons. The third-order valence-electron chi connectivity index (χ3n) is 3.84. The van der Waals surface area contributed by atoms with Crippen molar-refractivity contribution in [3.63, 3.8) is 0 Å². The van der Waals surface area contributed by atoms with Crippen LogP contribution >= 0.6 is 0 Å². The highest BCUT2D eigenvalue weighted by molar-refractivity contribution is 5.65. The molecule has 0 bridgehead atoms. The van der Waals surface area contributed by atoms with E-state index in [0.717, 1.165) is 19.8 Å². The summed E-state index contributed by atoms with van der Waals surface area (Å²) in [6, 6.07) is 19.1. The van der Waals surface area contributed by atoms with Crippen molar-refractivity contribution >= 4 is 5.69 Å². The van der Waals surface area contributed by atoms with Crippen LogP contribution in [0, 0.1) is 5.92 Å². The summed E-state index contributed by atoms with van der Waals surface area (Å²) in [7, 11) is 0. The van der Waals surface area contributed by atoms with Crippen LogP contribution in [0.25, 0.3) is 11.1 Å². The quantitative estimate of drug-likeness (QED) is 0.896. The van der Waals surface area contributed by atoms with Gasteiger partial charge in [0.2, 0.25) is 0 Å². The summed E-state index contributed by atoms with van der Waals surface area (Å²) < 4.78 is 5.51. The Morgan fingerprint density at radius 3 is 2.40 bits per heavy atom. The van der Waals surface area contributed by atoms with E-state index in [9.17, 15) is 0 Å². The van der Waals surface area contributed by atoms with Gasteiger partial charge in [0.05, 0.1) is 6.61 Å². The molecule has 0 aromatic heterocycles. The topological polar surface area (TPSA) is 21.3 Å². The van der Waals surface area contributed by atoms with E-state index >= 15 is 0 Å². The molecule has 2 aromatic rings. The average Bonchev–Trinajstić information content (AvgIpc) is 2.55. The summed E-state index contributed by atoms with van der Waals surface area (Å²) in [6.07, 6.45) is 2.47. The van der Waals surface area contributed by atoms with Crippen LogP contribution in [0.5, 0.6) is 0 Å². The van der Waals surface area contributed by atoms with Crippen molar-refractivity contribution in [1.82, 2.24) is 0 Å². The van der Waals surface area contributed by atoms with E-state index in [2.05, 4.69) is 53.8 Å². The van der Waals surface area contributed by atoms with Crippen LogP contribution in [0.3, 0.4) is 0 Å². The van der Waals surface area contributed by atoms with Crippen molar-refractivity contribution in [3.8, 4) is 11.1 Å². The fourth-order valence-corrected chi connectivity index (χ4v) is 2.64. The first-order chi connectivity index (χ1) is 9.92. The molecule has 1 unspecified atom stereocenters. The van der Waals surface area contributed by atoms with Gasteiger partial charge >= 0.3 is 0 Å². The highest BCUT2D eigenvalue weighted by Gasteiger charge is 2.13. The van der Waals surface area contributed by atoms with Crippen molar-refractivity contribution in [2.24, 2.45) is 5.92 Å². The van der Waals surface area contributed by atoms with Crippen LogP contribution in [0.4, 0.5) is 5.69 Å². The molecule has 1 aliphatic rings. The van der Waals surface area contributed by atoms with Gasteiger partial charge in [0, 0.05) is 18.8 Å². The summed E-state index contributed by atoms with van der Waals surface area (Å²) >= 11 is 0. The monoisotopic (exact) mass is 267 g/mol. The molecule has 0 saturated carbocycles. The number of hydrogen-bond acceptors (Lipinski definition) is 2. The van der Waals surface area contributed by atoms with Crippen LogP contribution < -0.4 is 5.32 Å². The summed E-state index contributed by atoms with van der Waals surface area (Å²) in [6.45, 7) is 2.84. The maximum atomic E-state index is 5.51. The standard InChI is InChI=1S/C18H21NO/c1-2-6-16(7-3-1)17-8-10-18(11-9-17)19-13-15-5-4-12-20-14-15/h1-3,6-11,15,19H,4-5,12-14H2. The lowest BCUT2D eigenvalue weighted by Crippen LogP contribution is -2.24.